The molecule has 1 amide bonds. The fourth-order valence-electron chi connectivity index (χ4n) is 2.27. The molecule has 0 spiro atoms. The summed E-state index contributed by atoms with van der Waals surface area (Å²) < 4.78 is 10.5. The summed E-state index contributed by atoms with van der Waals surface area (Å²) in [6.45, 7) is 5.94. The monoisotopic (exact) mass is 345 g/mol. The van der Waals surface area contributed by atoms with Crippen molar-refractivity contribution in [3.63, 3.8) is 0 Å². The van der Waals surface area contributed by atoms with Crippen molar-refractivity contribution in [2.45, 2.75) is 30.9 Å². The highest BCUT2D eigenvalue weighted by molar-refractivity contribution is 8.00. The third-order valence-corrected chi connectivity index (χ3v) is 4.99. The van der Waals surface area contributed by atoms with Crippen LogP contribution < -0.4 is 14.8 Å². The molecule has 0 aliphatic rings. The van der Waals surface area contributed by atoms with E-state index in [0.717, 1.165) is 21.7 Å². The molecule has 0 bridgehead atoms. The molecule has 2 aromatic rings. The van der Waals surface area contributed by atoms with Crippen LogP contribution in [0, 0.1) is 13.8 Å². The van der Waals surface area contributed by atoms with Crippen LogP contribution in [-0.2, 0) is 4.79 Å². The maximum absolute atomic E-state index is 12.5. The normalized spacial score (nSPS) is 11.7. The topological polar surface area (TPSA) is 47.6 Å². The summed E-state index contributed by atoms with van der Waals surface area (Å²) in [6.07, 6.45) is 0. The van der Waals surface area contributed by atoms with E-state index in [1.807, 2.05) is 57.2 Å². The van der Waals surface area contributed by atoms with Crippen molar-refractivity contribution in [1.82, 2.24) is 0 Å². The summed E-state index contributed by atoms with van der Waals surface area (Å²) in [4.78, 5) is 13.4. The van der Waals surface area contributed by atoms with E-state index in [1.165, 1.54) is 11.8 Å². The van der Waals surface area contributed by atoms with Crippen molar-refractivity contribution < 1.29 is 14.3 Å². The number of benzene rings is 2. The highest BCUT2D eigenvalue weighted by Crippen LogP contribution is 2.33. The molecule has 4 nitrogen and oxygen atoms in total. The molecule has 24 heavy (non-hydrogen) atoms. The Bertz CT molecular complexity index is 731. The molecular weight excluding hydrogens is 322 g/mol. The quantitative estimate of drug-likeness (QED) is 0.786. The molecule has 0 fully saturated rings. The Labute approximate surface area is 147 Å². The lowest BCUT2D eigenvalue weighted by Gasteiger charge is -2.15. The molecule has 5 heteroatoms. The fourth-order valence-corrected chi connectivity index (χ4v) is 3.16. The minimum Gasteiger partial charge on any atom is -0.493 e. The second-order valence-corrected chi connectivity index (χ2v) is 6.93. The molecule has 0 saturated carbocycles. The van der Waals surface area contributed by atoms with Gasteiger partial charge in [-0.05, 0) is 56.2 Å². The highest BCUT2D eigenvalue weighted by atomic mass is 32.2. The van der Waals surface area contributed by atoms with E-state index in [1.54, 1.807) is 14.2 Å². The van der Waals surface area contributed by atoms with Gasteiger partial charge in [-0.25, -0.2) is 0 Å². The first kappa shape index (κ1) is 18.2. The van der Waals surface area contributed by atoms with Crippen LogP contribution in [0.25, 0.3) is 0 Å². The smallest absolute Gasteiger partial charge is 0.237 e. The molecule has 1 unspecified atom stereocenters. The van der Waals surface area contributed by atoms with Crippen molar-refractivity contribution in [3.05, 3.63) is 47.5 Å². The van der Waals surface area contributed by atoms with Crippen LogP contribution in [0.15, 0.2) is 41.3 Å². The van der Waals surface area contributed by atoms with Gasteiger partial charge in [0.2, 0.25) is 5.91 Å². The standard InChI is InChI=1S/C19H23NO3S/c1-12-7-6-8-16(13(12)2)20-19(21)14(3)24-15-9-10-17(22-4)18(11-15)23-5/h6-11,14H,1-5H3,(H,20,21). The van der Waals surface area contributed by atoms with Gasteiger partial charge in [0.25, 0.3) is 0 Å². The van der Waals surface area contributed by atoms with Crippen LogP contribution >= 0.6 is 11.8 Å². The number of methoxy groups -OCH3 is 2. The SMILES string of the molecule is COc1ccc(SC(C)C(=O)Nc2cccc(C)c2C)cc1OC. The Kier molecular flexibility index (Phi) is 6.15. The minimum atomic E-state index is -0.233. The number of hydrogen-bond acceptors (Lipinski definition) is 4. The number of anilines is 1. The first-order valence-electron chi connectivity index (χ1n) is 7.72. The summed E-state index contributed by atoms with van der Waals surface area (Å²) in [5.41, 5.74) is 3.11. The van der Waals surface area contributed by atoms with Crippen LogP contribution in [0.1, 0.15) is 18.1 Å². The zero-order chi connectivity index (χ0) is 17.7. The van der Waals surface area contributed by atoms with Crippen LogP contribution in [0.5, 0.6) is 11.5 Å². The summed E-state index contributed by atoms with van der Waals surface area (Å²) in [7, 11) is 3.20. The van der Waals surface area contributed by atoms with E-state index >= 15 is 0 Å². The Morgan fingerprint density at radius 3 is 2.46 bits per heavy atom. The van der Waals surface area contributed by atoms with Gasteiger partial charge in [0.05, 0.1) is 19.5 Å². The molecule has 2 aromatic carbocycles. The number of carbonyl (C=O) groups excluding carboxylic acids is 1. The molecular formula is C19H23NO3S. The second kappa shape index (κ2) is 8.11. The van der Waals surface area contributed by atoms with Gasteiger partial charge >= 0.3 is 0 Å². The third kappa shape index (κ3) is 4.23. The Morgan fingerprint density at radius 2 is 1.79 bits per heavy atom. The summed E-state index contributed by atoms with van der Waals surface area (Å²) in [6, 6.07) is 11.6. The maximum atomic E-state index is 12.5. The Balaban J connectivity index is 2.07. The van der Waals surface area contributed by atoms with Crippen molar-refractivity contribution in [2.24, 2.45) is 0 Å². The average Bonchev–Trinajstić information content (AvgIpc) is 2.58. The zero-order valence-electron chi connectivity index (χ0n) is 14.7. The van der Waals surface area contributed by atoms with Crippen LogP contribution in [-0.4, -0.2) is 25.4 Å². The first-order valence-corrected chi connectivity index (χ1v) is 8.60. The average molecular weight is 345 g/mol. The van der Waals surface area contributed by atoms with Crippen LogP contribution in [0.3, 0.4) is 0 Å². The van der Waals surface area contributed by atoms with E-state index in [2.05, 4.69) is 5.32 Å². The van der Waals surface area contributed by atoms with E-state index in [0.29, 0.717) is 11.5 Å². The summed E-state index contributed by atoms with van der Waals surface area (Å²) in [5.74, 6) is 1.31. The van der Waals surface area contributed by atoms with Crippen molar-refractivity contribution >= 4 is 23.4 Å². The Hall–Kier alpha value is -2.14. The van der Waals surface area contributed by atoms with Gasteiger partial charge in [0.1, 0.15) is 0 Å². The molecule has 2 rings (SSSR count). The van der Waals surface area contributed by atoms with E-state index < -0.39 is 0 Å². The number of rotatable bonds is 6. The van der Waals surface area contributed by atoms with Crippen molar-refractivity contribution in [3.8, 4) is 11.5 Å². The molecule has 1 N–H and O–H groups in total. The number of hydrogen-bond donors (Lipinski definition) is 1. The predicted octanol–water partition coefficient (Wildman–Crippen LogP) is 4.44. The van der Waals surface area contributed by atoms with Gasteiger partial charge < -0.3 is 14.8 Å². The number of amides is 1. The van der Waals surface area contributed by atoms with E-state index in [-0.39, 0.29) is 11.2 Å². The number of nitrogens with one attached hydrogen (secondary N) is 1. The van der Waals surface area contributed by atoms with Crippen molar-refractivity contribution in [1.29, 1.82) is 0 Å². The molecule has 128 valence electrons. The van der Waals surface area contributed by atoms with Crippen LogP contribution in [0.2, 0.25) is 0 Å². The minimum absolute atomic E-state index is 0.0246. The number of aryl methyl sites for hydroxylation is 1. The lowest BCUT2D eigenvalue weighted by Crippen LogP contribution is -2.22. The van der Waals surface area contributed by atoms with Gasteiger partial charge in [-0.15, -0.1) is 11.8 Å². The number of ether oxygens (including phenoxy) is 2. The van der Waals surface area contributed by atoms with Crippen LogP contribution in [0.4, 0.5) is 5.69 Å². The molecule has 0 radical (unpaired) electrons. The molecule has 1 atom stereocenters. The largest absolute Gasteiger partial charge is 0.493 e. The van der Waals surface area contributed by atoms with Gasteiger partial charge in [0.15, 0.2) is 11.5 Å². The van der Waals surface area contributed by atoms with Gasteiger partial charge in [-0.3, -0.25) is 4.79 Å². The zero-order valence-corrected chi connectivity index (χ0v) is 15.5. The molecule has 0 heterocycles. The molecule has 0 aliphatic carbocycles. The van der Waals surface area contributed by atoms with E-state index in [4.69, 9.17) is 9.47 Å². The molecule has 0 aliphatic heterocycles. The lowest BCUT2D eigenvalue weighted by molar-refractivity contribution is -0.115. The van der Waals surface area contributed by atoms with Gasteiger partial charge in [-0.2, -0.15) is 0 Å². The van der Waals surface area contributed by atoms with Crippen molar-refractivity contribution in [2.75, 3.05) is 19.5 Å². The van der Waals surface area contributed by atoms with Gasteiger partial charge in [0, 0.05) is 10.6 Å². The Morgan fingerprint density at radius 1 is 1.08 bits per heavy atom. The first-order chi connectivity index (χ1) is 11.5. The lowest BCUT2D eigenvalue weighted by atomic mass is 10.1. The molecule has 0 saturated heterocycles. The fraction of sp³-hybridized carbons (Fsp3) is 0.316. The summed E-state index contributed by atoms with van der Waals surface area (Å²) in [5, 5.41) is 2.77. The second-order valence-electron chi connectivity index (χ2n) is 5.51. The summed E-state index contributed by atoms with van der Waals surface area (Å²) >= 11 is 1.48. The number of thioether (sulfide) groups is 1. The third-order valence-electron chi connectivity index (χ3n) is 3.90. The highest BCUT2D eigenvalue weighted by Gasteiger charge is 2.17. The predicted molar refractivity (Wildman–Crippen MR) is 99.4 cm³/mol. The maximum Gasteiger partial charge on any atom is 0.237 e. The number of carbonyl (C=O) groups is 1. The van der Waals surface area contributed by atoms with E-state index in [9.17, 15) is 4.79 Å². The molecule has 0 aromatic heterocycles. The van der Waals surface area contributed by atoms with Gasteiger partial charge in [-0.1, -0.05) is 12.1 Å².